The van der Waals surface area contributed by atoms with Gasteiger partial charge in [-0.15, -0.1) is 0 Å². The Morgan fingerprint density at radius 3 is 2.29 bits per heavy atom. The molecule has 0 spiro atoms. The number of amides is 1. The summed E-state index contributed by atoms with van der Waals surface area (Å²) in [5.74, 6) is -0.120. The zero-order valence-electron chi connectivity index (χ0n) is 19.7. The molecule has 0 unspecified atom stereocenters. The summed E-state index contributed by atoms with van der Waals surface area (Å²) in [6.45, 7) is 6.85. The van der Waals surface area contributed by atoms with Crippen molar-refractivity contribution in [3.63, 3.8) is 0 Å². The number of para-hydroxylation sites is 2. The topological polar surface area (TPSA) is 79.9 Å². The number of nitrogens with one attached hydrogen (secondary N) is 2. The Hall–Kier alpha value is -3.93. The van der Waals surface area contributed by atoms with Gasteiger partial charge < -0.3 is 14.5 Å². The van der Waals surface area contributed by atoms with Crippen LogP contribution in [0, 0.1) is 5.41 Å². The first-order chi connectivity index (χ1) is 16.2. The van der Waals surface area contributed by atoms with E-state index >= 15 is 0 Å². The molecule has 2 N–H and O–H groups in total. The fourth-order valence-corrected chi connectivity index (χ4v) is 4.71. The van der Waals surface area contributed by atoms with Crippen molar-refractivity contribution in [3.8, 4) is 0 Å². The molecule has 1 aliphatic heterocycles. The number of imidazole rings is 1. The van der Waals surface area contributed by atoms with Gasteiger partial charge in [0.2, 0.25) is 11.5 Å². The summed E-state index contributed by atoms with van der Waals surface area (Å²) in [6, 6.07) is 21.6. The van der Waals surface area contributed by atoms with Crippen molar-refractivity contribution >= 4 is 28.4 Å². The Morgan fingerprint density at radius 2 is 1.62 bits per heavy atom. The monoisotopic (exact) mass is 452 g/mol. The molecule has 0 aliphatic carbocycles. The maximum absolute atomic E-state index is 13.5. The van der Waals surface area contributed by atoms with Crippen LogP contribution in [-0.4, -0.2) is 20.8 Å². The molecule has 0 saturated heterocycles. The number of fused-ring (bicyclic) bond motifs is 2. The van der Waals surface area contributed by atoms with Gasteiger partial charge in [0, 0.05) is 11.3 Å². The van der Waals surface area contributed by atoms with Crippen molar-refractivity contribution in [1.29, 1.82) is 5.41 Å². The summed E-state index contributed by atoms with van der Waals surface area (Å²) < 4.78 is 3.71. The smallest absolute Gasteiger partial charge is 0.228 e. The molecule has 4 aromatic rings. The van der Waals surface area contributed by atoms with E-state index in [2.05, 4.69) is 26.1 Å². The second-order valence-corrected chi connectivity index (χ2v) is 9.93. The average molecular weight is 453 g/mol. The van der Waals surface area contributed by atoms with Crippen molar-refractivity contribution in [1.82, 2.24) is 9.13 Å². The summed E-state index contributed by atoms with van der Waals surface area (Å²) in [5, 5.41) is 11.8. The van der Waals surface area contributed by atoms with Crippen LogP contribution in [0.5, 0.6) is 0 Å². The van der Waals surface area contributed by atoms with E-state index in [0.717, 1.165) is 33.4 Å². The highest BCUT2D eigenvalue weighted by molar-refractivity contribution is 6.03. The fraction of sp³-hybridized carbons (Fsp3) is 0.250. The van der Waals surface area contributed by atoms with E-state index in [1.54, 1.807) is 4.57 Å². The zero-order chi connectivity index (χ0) is 24.0. The second kappa shape index (κ2) is 8.13. The van der Waals surface area contributed by atoms with Crippen molar-refractivity contribution in [3.05, 3.63) is 94.6 Å². The minimum atomic E-state index is -0.225. The van der Waals surface area contributed by atoms with Crippen LogP contribution in [-0.2, 0) is 29.7 Å². The standard InChI is InChI=1S/C28H28N4O2/c1-28(2,3)21-14-19(13-20-15-25(34)30-26(20)21)24(33)17-32-23-12-8-7-11-22(23)31(27(32)29)16-18-9-5-4-6-10-18/h4-14,29H,15-17H2,1-3H3,(H,30,34). The molecule has 0 saturated carbocycles. The van der Waals surface area contributed by atoms with Crippen molar-refractivity contribution in [2.24, 2.45) is 0 Å². The number of hydrogen-bond donors (Lipinski definition) is 2. The van der Waals surface area contributed by atoms with E-state index < -0.39 is 0 Å². The molecular weight excluding hydrogens is 424 g/mol. The summed E-state index contributed by atoms with van der Waals surface area (Å²) in [4.78, 5) is 25.6. The van der Waals surface area contributed by atoms with Gasteiger partial charge in [-0.05, 0) is 46.4 Å². The molecule has 0 fully saturated rings. The Kier molecular flexibility index (Phi) is 5.24. The van der Waals surface area contributed by atoms with Gasteiger partial charge in [-0.3, -0.25) is 15.0 Å². The average Bonchev–Trinajstić information content (AvgIpc) is 3.30. The Bertz CT molecular complexity index is 1490. The van der Waals surface area contributed by atoms with Crippen LogP contribution >= 0.6 is 0 Å². The minimum Gasteiger partial charge on any atom is -0.325 e. The number of carbonyl (C=O) groups excluding carboxylic acids is 2. The van der Waals surface area contributed by atoms with Crippen molar-refractivity contribution < 1.29 is 9.59 Å². The van der Waals surface area contributed by atoms with Crippen LogP contribution in [0.4, 0.5) is 5.69 Å². The summed E-state index contributed by atoms with van der Waals surface area (Å²) in [5.41, 5.74) is 6.17. The van der Waals surface area contributed by atoms with Crippen LogP contribution in [0.3, 0.4) is 0 Å². The van der Waals surface area contributed by atoms with E-state index in [9.17, 15) is 9.59 Å². The fourth-order valence-electron chi connectivity index (χ4n) is 4.71. The number of rotatable bonds is 5. The lowest BCUT2D eigenvalue weighted by molar-refractivity contribution is -0.115. The number of aromatic nitrogens is 2. The van der Waals surface area contributed by atoms with Gasteiger partial charge >= 0.3 is 0 Å². The third-order valence-corrected chi connectivity index (χ3v) is 6.43. The second-order valence-electron chi connectivity index (χ2n) is 9.93. The first-order valence-corrected chi connectivity index (χ1v) is 11.5. The van der Waals surface area contributed by atoms with Gasteiger partial charge in [0.25, 0.3) is 0 Å². The SMILES string of the molecule is CC(C)(C)c1cc(C(=O)Cn2c(=N)n(Cc3ccccc3)c3ccccc32)cc2c1NC(=O)C2. The summed E-state index contributed by atoms with van der Waals surface area (Å²) in [6.07, 6.45) is 0.284. The van der Waals surface area contributed by atoms with E-state index in [4.69, 9.17) is 5.41 Å². The highest BCUT2D eigenvalue weighted by atomic mass is 16.2. The predicted octanol–water partition coefficient (Wildman–Crippen LogP) is 4.65. The predicted molar refractivity (Wildman–Crippen MR) is 133 cm³/mol. The molecule has 0 bridgehead atoms. The van der Waals surface area contributed by atoms with E-state index in [1.165, 1.54) is 0 Å². The molecule has 0 radical (unpaired) electrons. The molecule has 0 atom stereocenters. The third kappa shape index (κ3) is 3.85. The largest absolute Gasteiger partial charge is 0.325 e. The number of nitrogens with zero attached hydrogens (tertiary/aromatic N) is 2. The molecule has 172 valence electrons. The lowest BCUT2D eigenvalue weighted by atomic mass is 9.83. The quantitative estimate of drug-likeness (QED) is 0.433. The summed E-state index contributed by atoms with van der Waals surface area (Å²) in [7, 11) is 0. The van der Waals surface area contributed by atoms with Gasteiger partial charge in [-0.1, -0.05) is 63.2 Å². The van der Waals surface area contributed by atoms with Crippen LogP contribution in [0.2, 0.25) is 0 Å². The number of hydrogen-bond acceptors (Lipinski definition) is 3. The molecule has 34 heavy (non-hydrogen) atoms. The van der Waals surface area contributed by atoms with E-state index in [-0.39, 0.29) is 35.7 Å². The summed E-state index contributed by atoms with van der Waals surface area (Å²) >= 11 is 0. The molecule has 2 heterocycles. The van der Waals surface area contributed by atoms with Crippen LogP contribution in [0.25, 0.3) is 11.0 Å². The normalized spacial score (nSPS) is 13.2. The Balaban J connectivity index is 1.55. The molecule has 5 rings (SSSR count). The molecule has 3 aromatic carbocycles. The first kappa shape index (κ1) is 21.9. The minimum absolute atomic E-state index is 0.0445. The van der Waals surface area contributed by atoms with E-state index in [0.29, 0.717) is 12.1 Å². The van der Waals surface area contributed by atoms with Crippen molar-refractivity contribution in [2.75, 3.05) is 5.32 Å². The molecule has 1 aliphatic rings. The zero-order valence-corrected chi connectivity index (χ0v) is 19.7. The molecule has 6 heteroatoms. The Labute approximate surface area is 198 Å². The number of Topliss-reactive ketones (excluding diaryl/α,β-unsaturated/α-hetero) is 1. The molecular formula is C28H28N4O2. The van der Waals surface area contributed by atoms with Crippen LogP contribution < -0.4 is 10.9 Å². The molecule has 6 nitrogen and oxygen atoms in total. The maximum atomic E-state index is 13.5. The van der Waals surface area contributed by atoms with Gasteiger partial charge in [-0.25, -0.2) is 0 Å². The van der Waals surface area contributed by atoms with Crippen molar-refractivity contribution in [2.45, 2.75) is 45.7 Å². The van der Waals surface area contributed by atoms with Crippen LogP contribution in [0.15, 0.2) is 66.7 Å². The lowest BCUT2D eigenvalue weighted by Crippen LogP contribution is -2.28. The Morgan fingerprint density at radius 1 is 0.971 bits per heavy atom. The lowest BCUT2D eigenvalue weighted by Gasteiger charge is -2.23. The highest BCUT2D eigenvalue weighted by Gasteiger charge is 2.28. The molecule has 1 amide bonds. The number of ketones is 1. The maximum Gasteiger partial charge on any atom is 0.228 e. The van der Waals surface area contributed by atoms with Gasteiger partial charge in [0.15, 0.2) is 5.78 Å². The highest BCUT2D eigenvalue weighted by Crippen LogP contribution is 2.36. The number of carbonyl (C=O) groups is 2. The first-order valence-electron chi connectivity index (χ1n) is 11.5. The van der Waals surface area contributed by atoms with Gasteiger partial charge in [0.1, 0.15) is 0 Å². The van der Waals surface area contributed by atoms with Crippen LogP contribution in [0.1, 0.15) is 47.8 Å². The van der Waals surface area contributed by atoms with Gasteiger partial charge in [-0.2, -0.15) is 0 Å². The van der Waals surface area contributed by atoms with E-state index in [1.807, 2.05) is 71.3 Å². The van der Waals surface area contributed by atoms with Gasteiger partial charge in [0.05, 0.1) is 30.5 Å². The number of benzene rings is 3. The third-order valence-electron chi connectivity index (χ3n) is 6.43. The number of anilines is 1. The molecule has 1 aromatic heterocycles.